The SMILES string of the molecule is CCC(C)NCC(=O)Nc1nc(C)cc(C)n1. The number of nitrogens with one attached hydrogen (secondary N) is 2. The topological polar surface area (TPSA) is 66.9 Å². The number of carbonyl (C=O) groups excluding carboxylic acids is 1. The van der Waals surface area contributed by atoms with Crippen LogP contribution in [0.5, 0.6) is 0 Å². The van der Waals surface area contributed by atoms with Gasteiger partial charge in [-0.05, 0) is 33.3 Å². The molecule has 1 rings (SSSR count). The van der Waals surface area contributed by atoms with E-state index >= 15 is 0 Å². The van der Waals surface area contributed by atoms with Crippen molar-refractivity contribution in [3.63, 3.8) is 0 Å². The number of anilines is 1. The highest BCUT2D eigenvalue weighted by molar-refractivity contribution is 5.90. The summed E-state index contributed by atoms with van der Waals surface area (Å²) in [7, 11) is 0. The summed E-state index contributed by atoms with van der Waals surface area (Å²) in [5, 5.41) is 5.79. The van der Waals surface area contributed by atoms with E-state index in [1.54, 1.807) is 0 Å². The third-order valence-electron chi connectivity index (χ3n) is 2.46. The van der Waals surface area contributed by atoms with Crippen molar-refractivity contribution in [3.05, 3.63) is 17.5 Å². The Balaban J connectivity index is 2.50. The summed E-state index contributed by atoms with van der Waals surface area (Å²) in [5.74, 6) is 0.258. The van der Waals surface area contributed by atoms with Crippen LogP contribution < -0.4 is 10.6 Å². The lowest BCUT2D eigenvalue weighted by Gasteiger charge is -2.10. The molecule has 1 atom stereocenters. The second-order valence-corrected chi connectivity index (χ2v) is 4.21. The van der Waals surface area contributed by atoms with Gasteiger partial charge >= 0.3 is 0 Å². The summed E-state index contributed by atoms with van der Waals surface area (Å²) >= 11 is 0. The van der Waals surface area contributed by atoms with Crippen LogP contribution in [0.2, 0.25) is 0 Å². The van der Waals surface area contributed by atoms with Crippen LogP contribution in [-0.4, -0.2) is 28.5 Å². The molecule has 0 aliphatic rings. The molecule has 2 N–H and O–H groups in total. The molecular formula is C12H20N4O. The van der Waals surface area contributed by atoms with Gasteiger partial charge in [0, 0.05) is 17.4 Å². The summed E-state index contributed by atoms with van der Waals surface area (Å²) in [4.78, 5) is 19.9. The Morgan fingerprint density at radius 1 is 1.35 bits per heavy atom. The molecule has 17 heavy (non-hydrogen) atoms. The first kappa shape index (κ1) is 13.6. The van der Waals surface area contributed by atoms with Gasteiger partial charge in [-0.3, -0.25) is 10.1 Å². The minimum atomic E-state index is -0.115. The molecule has 0 spiro atoms. The molecule has 1 amide bonds. The van der Waals surface area contributed by atoms with Gasteiger partial charge in [0.1, 0.15) is 0 Å². The lowest BCUT2D eigenvalue weighted by Crippen LogP contribution is -2.34. The molecule has 1 heterocycles. The molecular weight excluding hydrogens is 216 g/mol. The lowest BCUT2D eigenvalue weighted by atomic mass is 10.2. The predicted molar refractivity (Wildman–Crippen MR) is 67.9 cm³/mol. The molecule has 1 unspecified atom stereocenters. The van der Waals surface area contributed by atoms with Crippen LogP contribution in [0, 0.1) is 13.8 Å². The highest BCUT2D eigenvalue weighted by Crippen LogP contribution is 2.03. The van der Waals surface area contributed by atoms with E-state index < -0.39 is 0 Å². The molecule has 0 radical (unpaired) electrons. The number of hydrogen-bond acceptors (Lipinski definition) is 4. The molecule has 0 fully saturated rings. The Hall–Kier alpha value is -1.49. The van der Waals surface area contributed by atoms with Crippen molar-refractivity contribution in [1.29, 1.82) is 0 Å². The van der Waals surface area contributed by atoms with Gasteiger partial charge in [0.05, 0.1) is 6.54 Å². The van der Waals surface area contributed by atoms with Crippen LogP contribution >= 0.6 is 0 Å². The molecule has 0 aromatic carbocycles. The number of amides is 1. The quantitative estimate of drug-likeness (QED) is 0.811. The first-order valence-electron chi connectivity index (χ1n) is 5.86. The average molecular weight is 236 g/mol. The molecule has 0 aliphatic carbocycles. The van der Waals surface area contributed by atoms with Crippen molar-refractivity contribution in [2.75, 3.05) is 11.9 Å². The monoisotopic (exact) mass is 236 g/mol. The zero-order valence-electron chi connectivity index (χ0n) is 10.9. The normalized spacial score (nSPS) is 12.2. The minimum Gasteiger partial charge on any atom is -0.306 e. The Bertz CT molecular complexity index is 372. The summed E-state index contributed by atoms with van der Waals surface area (Å²) < 4.78 is 0. The summed E-state index contributed by atoms with van der Waals surface area (Å²) in [6.07, 6.45) is 0.993. The third-order valence-corrected chi connectivity index (χ3v) is 2.46. The zero-order valence-corrected chi connectivity index (χ0v) is 10.9. The van der Waals surface area contributed by atoms with E-state index in [0.717, 1.165) is 17.8 Å². The minimum absolute atomic E-state index is 0.115. The standard InChI is InChI=1S/C12H20N4O/c1-5-8(2)13-7-11(17)16-12-14-9(3)6-10(4)15-12/h6,8,13H,5,7H2,1-4H3,(H,14,15,16,17). The average Bonchev–Trinajstić information content (AvgIpc) is 2.24. The highest BCUT2D eigenvalue weighted by atomic mass is 16.2. The van der Waals surface area contributed by atoms with Crippen molar-refractivity contribution in [2.45, 2.75) is 40.2 Å². The maximum Gasteiger partial charge on any atom is 0.240 e. The van der Waals surface area contributed by atoms with Gasteiger partial charge in [-0.25, -0.2) is 9.97 Å². The Morgan fingerprint density at radius 3 is 2.47 bits per heavy atom. The van der Waals surface area contributed by atoms with E-state index in [9.17, 15) is 4.79 Å². The number of rotatable bonds is 5. The van der Waals surface area contributed by atoms with E-state index in [1.807, 2.05) is 26.8 Å². The summed E-state index contributed by atoms with van der Waals surface area (Å²) in [5.41, 5.74) is 1.70. The molecule has 1 aromatic rings. The van der Waals surface area contributed by atoms with Crippen LogP contribution in [0.3, 0.4) is 0 Å². The fraction of sp³-hybridized carbons (Fsp3) is 0.583. The van der Waals surface area contributed by atoms with Crippen molar-refractivity contribution in [1.82, 2.24) is 15.3 Å². The molecule has 0 aliphatic heterocycles. The molecule has 0 saturated carbocycles. The van der Waals surface area contributed by atoms with Crippen molar-refractivity contribution >= 4 is 11.9 Å². The van der Waals surface area contributed by atoms with Crippen LogP contribution in [0.25, 0.3) is 0 Å². The fourth-order valence-corrected chi connectivity index (χ4v) is 1.36. The third kappa shape index (κ3) is 4.91. The van der Waals surface area contributed by atoms with Gasteiger partial charge in [-0.15, -0.1) is 0 Å². The maximum atomic E-state index is 11.6. The first-order chi connectivity index (χ1) is 8.01. The van der Waals surface area contributed by atoms with Gasteiger partial charge in [0.15, 0.2) is 0 Å². The molecule has 5 nitrogen and oxygen atoms in total. The lowest BCUT2D eigenvalue weighted by molar-refractivity contribution is -0.115. The van der Waals surface area contributed by atoms with E-state index in [1.165, 1.54) is 0 Å². The van der Waals surface area contributed by atoms with Crippen molar-refractivity contribution in [2.24, 2.45) is 0 Å². The van der Waals surface area contributed by atoms with Gasteiger partial charge in [0.2, 0.25) is 11.9 Å². The number of nitrogens with zero attached hydrogens (tertiary/aromatic N) is 2. The van der Waals surface area contributed by atoms with E-state index in [4.69, 9.17) is 0 Å². The molecule has 0 saturated heterocycles. The van der Waals surface area contributed by atoms with Crippen LogP contribution in [0.4, 0.5) is 5.95 Å². The van der Waals surface area contributed by atoms with Gasteiger partial charge in [-0.1, -0.05) is 6.92 Å². The predicted octanol–water partition coefficient (Wildman–Crippen LogP) is 1.42. The zero-order chi connectivity index (χ0) is 12.8. The van der Waals surface area contributed by atoms with E-state index in [2.05, 4.69) is 27.5 Å². The number of carbonyl (C=O) groups is 1. The van der Waals surface area contributed by atoms with Gasteiger partial charge in [0.25, 0.3) is 0 Å². The smallest absolute Gasteiger partial charge is 0.240 e. The molecule has 5 heteroatoms. The Kier molecular flexibility index (Phi) is 5.03. The Morgan fingerprint density at radius 2 is 1.94 bits per heavy atom. The number of aromatic nitrogens is 2. The second-order valence-electron chi connectivity index (χ2n) is 4.21. The van der Waals surface area contributed by atoms with Crippen molar-refractivity contribution < 1.29 is 4.79 Å². The molecule has 0 bridgehead atoms. The van der Waals surface area contributed by atoms with Crippen molar-refractivity contribution in [3.8, 4) is 0 Å². The summed E-state index contributed by atoms with van der Waals surface area (Å²) in [6.45, 7) is 8.15. The van der Waals surface area contributed by atoms with Crippen LogP contribution in [0.15, 0.2) is 6.07 Å². The van der Waals surface area contributed by atoms with E-state index in [0.29, 0.717) is 12.0 Å². The van der Waals surface area contributed by atoms with E-state index in [-0.39, 0.29) is 12.5 Å². The molecule has 1 aromatic heterocycles. The largest absolute Gasteiger partial charge is 0.306 e. The Labute approximate surface area is 102 Å². The molecule has 94 valence electrons. The maximum absolute atomic E-state index is 11.6. The number of aryl methyl sites for hydroxylation is 2. The fourth-order valence-electron chi connectivity index (χ4n) is 1.36. The highest BCUT2D eigenvalue weighted by Gasteiger charge is 2.06. The van der Waals surface area contributed by atoms with Gasteiger partial charge in [-0.2, -0.15) is 0 Å². The second kappa shape index (κ2) is 6.30. The van der Waals surface area contributed by atoms with Gasteiger partial charge < -0.3 is 5.32 Å². The summed E-state index contributed by atoms with van der Waals surface area (Å²) in [6, 6.07) is 2.20. The van der Waals surface area contributed by atoms with Crippen LogP contribution in [-0.2, 0) is 4.79 Å². The number of hydrogen-bond donors (Lipinski definition) is 2. The van der Waals surface area contributed by atoms with Crippen LogP contribution in [0.1, 0.15) is 31.7 Å². The first-order valence-corrected chi connectivity index (χ1v) is 5.86.